The lowest BCUT2D eigenvalue weighted by Crippen LogP contribution is -2.12. The summed E-state index contributed by atoms with van der Waals surface area (Å²) in [5.74, 6) is 0.108. The first-order valence-corrected chi connectivity index (χ1v) is 3.85. The molecule has 0 radical (unpaired) electrons. The number of hydrogen-bond donors (Lipinski definition) is 3. The summed E-state index contributed by atoms with van der Waals surface area (Å²) in [7, 11) is 0. The number of epoxide rings is 1. The van der Waals surface area contributed by atoms with Crippen molar-refractivity contribution in [3.63, 3.8) is 0 Å². The van der Waals surface area contributed by atoms with E-state index < -0.39 is 6.10 Å². The van der Waals surface area contributed by atoms with Crippen LogP contribution in [-0.4, -0.2) is 53.2 Å². The number of aliphatic hydroxyl groups is 3. The third kappa shape index (κ3) is 8.03. The lowest BCUT2D eigenvalue weighted by molar-refractivity contribution is 0.112. The molecule has 0 aromatic rings. The molecule has 1 fully saturated rings. The summed E-state index contributed by atoms with van der Waals surface area (Å²) in [4.78, 5) is 0. The van der Waals surface area contributed by atoms with E-state index >= 15 is 0 Å². The van der Waals surface area contributed by atoms with E-state index in [1.54, 1.807) is 0 Å². The standard InChI is InChI=1S/C3H7ClO2.C3H6O2/c4-1-3(6)2-5;4-1-3-2-5-3/h3,5-6H,1-2H2;3-4H,1-2H2/t2*3-/m01/s1. The third-order valence-corrected chi connectivity index (χ3v) is 1.35. The lowest BCUT2D eigenvalue weighted by Gasteiger charge is -1.95. The van der Waals surface area contributed by atoms with E-state index in [0.29, 0.717) is 0 Å². The second-order valence-corrected chi connectivity index (χ2v) is 2.44. The molecule has 1 saturated heterocycles. The average Bonchev–Trinajstić information content (AvgIpc) is 2.86. The van der Waals surface area contributed by atoms with Gasteiger partial charge in [-0.15, -0.1) is 11.6 Å². The maximum Gasteiger partial charge on any atom is 0.104 e. The van der Waals surface area contributed by atoms with Crippen molar-refractivity contribution >= 4 is 11.6 Å². The Morgan fingerprint density at radius 1 is 1.55 bits per heavy atom. The molecule has 3 N–H and O–H groups in total. The van der Waals surface area contributed by atoms with Gasteiger partial charge in [-0.3, -0.25) is 0 Å². The van der Waals surface area contributed by atoms with Gasteiger partial charge in [0.25, 0.3) is 0 Å². The van der Waals surface area contributed by atoms with Crippen molar-refractivity contribution in [2.24, 2.45) is 0 Å². The smallest absolute Gasteiger partial charge is 0.104 e. The predicted octanol–water partition coefficient (Wildman–Crippen LogP) is -1.04. The van der Waals surface area contributed by atoms with E-state index in [-0.39, 0.29) is 25.2 Å². The van der Waals surface area contributed by atoms with Crippen molar-refractivity contribution in [1.29, 1.82) is 0 Å². The zero-order valence-electron chi connectivity index (χ0n) is 6.11. The Labute approximate surface area is 70.4 Å². The summed E-state index contributed by atoms with van der Waals surface area (Å²) in [6.07, 6.45) is -0.554. The molecule has 68 valence electrons. The van der Waals surface area contributed by atoms with Gasteiger partial charge >= 0.3 is 0 Å². The number of halogens is 1. The Bertz CT molecular complexity index is 82.7. The van der Waals surface area contributed by atoms with Crippen molar-refractivity contribution in [2.45, 2.75) is 12.2 Å². The first kappa shape index (κ1) is 11.1. The molecule has 0 aliphatic carbocycles. The van der Waals surface area contributed by atoms with Gasteiger partial charge in [0.05, 0.1) is 31.8 Å². The van der Waals surface area contributed by atoms with Crippen molar-refractivity contribution in [1.82, 2.24) is 0 Å². The summed E-state index contributed by atoms with van der Waals surface area (Å²) in [5, 5.41) is 24.4. The minimum absolute atomic E-state index is 0.108. The summed E-state index contributed by atoms with van der Waals surface area (Å²) < 4.78 is 4.61. The minimum atomic E-state index is -0.744. The fourth-order valence-electron chi connectivity index (χ4n) is 0.222. The van der Waals surface area contributed by atoms with E-state index in [0.717, 1.165) is 6.61 Å². The normalized spacial score (nSPS) is 23.5. The molecule has 0 bridgehead atoms. The van der Waals surface area contributed by atoms with Gasteiger partial charge in [-0.2, -0.15) is 0 Å². The predicted molar refractivity (Wildman–Crippen MR) is 40.6 cm³/mol. The minimum Gasteiger partial charge on any atom is -0.394 e. The number of rotatable bonds is 3. The molecule has 5 heteroatoms. The van der Waals surface area contributed by atoms with Gasteiger partial charge in [0.1, 0.15) is 6.10 Å². The van der Waals surface area contributed by atoms with Crippen LogP contribution >= 0.6 is 11.6 Å². The van der Waals surface area contributed by atoms with Crippen LogP contribution in [0.15, 0.2) is 0 Å². The van der Waals surface area contributed by atoms with Crippen LogP contribution in [0.5, 0.6) is 0 Å². The fraction of sp³-hybridized carbons (Fsp3) is 1.00. The Morgan fingerprint density at radius 2 is 2.09 bits per heavy atom. The largest absolute Gasteiger partial charge is 0.394 e. The summed E-state index contributed by atoms with van der Waals surface area (Å²) in [6, 6.07) is 0. The quantitative estimate of drug-likeness (QED) is 0.387. The lowest BCUT2D eigenvalue weighted by atomic mass is 10.5. The Kier molecular flexibility index (Phi) is 6.90. The van der Waals surface area contributed by atoms with Crippen LogP contribution in [0.25, 0.3) is 0 Å². The van der Waals surface area contributed by atoms with E-state index in [4.69, 9.17) is 26.9 Å². The van der Waals surface area contributed by atoms with E-state index in [1.165, 1.54) is 0 Å². The second kappa shape index (κ2) is 6.82. The molecule has 1 aliphatic rings. The Hall–Kier alpha value is 0.130. The first-order valence-electron chi connectivity index (χ1n) is 3.32. The molecule has 1 rings (SSSR count). The maximum atomic E-state index is 8.28. The van der Waals surface area contributed by atoms with Gasteiger partial charge in [0.2, 0.25) is 0 Å². The zero-order valence-corrected chi connectivity index (χ0v) is 6.87. The molecular formula is C6H13ClO4. The van der Waals surface area contributed by atoms with Gasteiger partial charge in [-0.1, -0.05) is 0 Å². The zero-order chi connectivity index (χ0) is 8.69. The second-order valence-electron chi connectivity index (χ2n) is 2.13. The molecule has 0 saturated carbocycles. The van der Waals surface area contributed by atoms with Gasteiger partial charge in [-0.25, -0.2) is 0 Å². The summed E-state index contributed by atoms with van der Waals surface area (Å²) in [6.45, 7) is 0.708. The van der Waals surface area contributed by atoms with Crippen LogP contribution in [0.3, 0.4) is 0 Å². The van der Waals surface area contributed by atoms with Crippen LogP contribution in [-0.2, 0) is 4.74 Å². The van der Waals surface area contributed by atoms with Crippen molar-refractivity contribution in [3.05, 3.63) is 0 Å². The molecule has 1 heterocycles. The monoisotopic (exact) mass is 184 g/mol. The highest BCUT2D eigenvalue weighted by Crippen LogP contribution is 2.04. The highest BCUT2D eigenvalue weighted by atomic mass is 35.5. The Balaban J connectivity index is 0.000000183. The van der Waals surface area contributed by atoms with E-state index in [9.17, 15) is 0 Å². The molecule has 0 aromatic heterocycles. The molecule has 1 aliphatic heterocycles. The fourth-order valence-corrected chi connectivity index (χ4v) is 0.320. The van der Waals surface area contributed by atoms with E-state index in [1.807, 2.05) is 0 Å². The number of ether oxygens (including phenoxy) is 1. The van der Waals surface area contributed by atoms with Gasteiger partial charge < -0.3 is 20.1 Å². The van der Waals surface area contributed by atoms with Crippen molar-refractivity contribution in [2.75, 3.05) is 25.7 Å². The number of aliphatic hydroxyl groups excluding tert-OH is 3. The molecule has 0 unspecified atom stereocenters. The molecule has 11 heavy (non-hydrogen) atoms. The summed E-state index contributed by atoms with van der Waals surface area (Å²) >= 11 is 5.04. The maximum absolute atomic E-state index is 8.28. The molecule has 2 atom stereocenters. The van der Waals surface area contributed by atoms with Crippen molar-refractivity contribution in [3.8, 4) is 0 Å². The first-order chi connectivity index (χ1) is 5.24. The molecule has 0 amide bonds. The SMILES string of the molecule is OC[C@@H](O)CCl.OC[C@@H]1CO1. The van der Waals surface area contributed by atoms with Gasteiger partial charge in [0, 0.05) is 0 Å². The summed E-state index contributed by atoms with van der Waals surface area (Å²) in [5.41, 5.74) is 0. The van der Waals surface area contributed by atoms with Crippen LogP contribution in [0.2, 0.25) is 0 Å². The number of alkyl halides is 1. The Morgan fingerprint density at radius 3 is 2.09 bits per heavy atom. The molecule has 0 aromatic carbocycles. The van der Waals surface area contributed by atoms with Crippen LogP contribution in [0.1, 0.15) is 0 Å². The molecular weight excluding hydrogens is 172 g/mol. The van der Waals surface area contributed by atoms with Gasteiger partial charge in [0.15, 0.2) is 0 Å². The highest BCUT2D eigenvalue weighted by molar-refractivity contribution is 6.18. The van der Waals surface area contributed by atoms with Crippen LogP contribution in [0, 0.1) is 0 Å². The van der Waals surface area contributed by atoms with Crippen LogP contribution < -0.4 is 0 Å². The molecule has 4 nitrogen and oxygen atoms in total. The highest BCUT2D eigenvalue weighted by Gasteiger charge is 2.19. The average molecular weight is 185 g/mol. The molecule has 0 spiro atoms. The van der Waals surface area contributed by atoms with E-state index in [2.05, 4.69) is 4.74 Å². The van der Waals surface area contributed by atoms with Crippen LogP contribution in [0.4, 0.5) is 0 Å². The third-order valence-electron chi connectivity index (χ3n) is 0.995. The topological polar surface area (TPSA) is 73.2 Å². The number of hydrogen-bond acceptors (Lipinski definition) is 4. The van der Waals surface area contributed by atoms with Gasteiger partial charge in [-0.05, 0) is 0 Å². The van der Waals surface area contributed by atoms with Crippen molar-refractivity contribution < 1.29 is 20.1 Å².